The number of nitrogens with two attached hydrogens (primary N) is 1. The van der Waals surface area contributed by atoms with E-state index >= 15 is 0 Å². The Morgan fingerprint density at radius 2 is 2.09 bits per heavy atom. The molecule has 2 aliphatic rings. The number of benzene rings is 1. The minimum Gasteiger partial charge on any atom is -0.398 e. The zero-order valence-corrected chi connectivity index (χ0v) is 19.6. The highest BCUT2D eigenvalue weighted by Crippen LogP contribution is 2.30. The normalized spacial score (nSPS) is 19.8. The Hall–Kier alpha value is -3.59. The van der Waals surface area contributed by atoms with Gasteiger partial charge in [-0.1, -0.05) is 19.9 Å². The van der Waals surface area contributed by atoms with Crippen LogP contribution in [0.3, 0.4) is 0 Å². The summed E-state index contributed by atoms with van der Waals surface area (Å²) in [5.41, 5.74) is 10.3. The van der Waals surface area contributed by atoms with E-state index in [0.29, 0.717) is 29.2 Å². The van der Waals surface area contributed by atoms with E-state index in [9.17, 15) is 4.39 Å². The Labute approximate surface area is 198 Å². The minimum absolute atomic E-state index is 0.177. The molecule has 34 heavy (non-hydrogen) atoms. The molecule has 3 aromatic rings. The van der Waals surface area contributed by atoms with Crippen molar-refractivity contribution in [2.75, 3.05) is 36.1 Å². The molecule has 4 N–H and O–H groups in total. The number of nitrogens with zero attached hydrogens (tertiary/aromatic N) is 5. The molecule has 0 amide bonds. The number of anilines is 4. The van der Waals surface area contributed by atoms with Crippen LogP contribution in [0.5, 0.6) is 0 Å². The first kappa shape index (κ1) is 22.2. The highest BCUT2D eigenvalue weighted by molar-refractivity contribution is 6.06. The van der Waals surface area contributed by atoms with Gasteiger partial charge in [0.2, 0.25) is 5.95 Å². The van der Waals surface area contributed by atoms with Crippen molar-refractivity contribution < 1.29 is 4.39 Å². The Kier molecular flexibility index (Phi) is 5.87. The highest BCUT2D eigenvalue weighted by atomic mass is 19.1. The van der Waals surface area contributed by atoms with E-state index in [2.05, 4.69) is 35.5 Å². The predicted octanol–water partition coefficient (Wildman–Crippen LogP) is 3.63. The van der Waals surface area contributed by atoms with Gasteiger partial charge in [0.1, 0.15) is 11.5 Å². The fourth-order valence-electron chi connectivity index (χ4n) is 4.87. The topological polar surface area (TPSA) is 104 Å². The summed E-state index contributed by atoms with van der Waals surface area (Å²) in [6, 6.07) is 10.4. The number of hydrogen-bond donors (Lipinski definition) is 3. The van der Waals surface area contributed by atoms with Crippen LogP contribution >= 0.6 is 0 Å². The summed E-state index contributed by atoms with van der Waals surface area (Å²) in [4.78, 5) is 19.8. The maximum Gasteiger partial charge on any atom is 0.229 e. The van der Waals surface area contributed by atoms with E-state index in [1.54, 1.807) is 19.2 Å². The molecule has 2 aromatic heterocycles. The largest absolute Gasteiger partial charge is 0.398 e. The van der Waals surface area contributed by atoms with Crippen molar-refractivity contribution in [2.24, 2.45) is 10.9 Å². The van der Waals surface area contributed by atoms with Gasteiger partial charge in [0, 0.05) is 54.7 Å². The average molecular weight is 461 g/mol. The first-order chi connectivity index (χ1) is 16.4. The molecular weight excluding hydrogens is 431 g/mol. The van der Waals surface area contributed by atoms with Gasteiger partial charge in [-0.15, -0.1) is 0 Å². The minimum atomic E-state index is -0.512. The van der Waals surface area contributed by atoms with E-state index in [1.165, 1.54) is 12.6 Å². The number of nitrogens with one attached hydrogen (secondary N) is 2. The molecular formula is C25H29FN8. The van der Waals surface area contributed by atoms with Crippen LogP contribution in [0.25, 0.3) is 11.3 Å². The molecule has 0 spiro atoms. The van der Waals surface area contributed by atoms with Crippen molar-refractivity contribution in [3.8, 4) is 11.3 Å². The molecule has 1 aromatic carbocycles. The van der Waals surface area contributed by atoms with Gasteiger partial charge < -0.3 is 21.3 Å². The van der Waals surface area contributed by atoms with E-state index in [1.807, 2.05) is 38.2 Å². The van der Waals surface area contributed by atoms with E-state index in [0.717, 1.165) is 30.1 Å². The average Bonchev–Trinajstić information content (AvgIpc) is 3.46. The third-order valence-corrected chi connectivity index (χ3v) is 6.51. The Morgan fingerprint density at radius 1 is 1.24 bits per heavy atom. The van der Waals surface area contributed by atoms with Gasteiger partial charge in [-0.2, -0.15) is 0 Å². The van der Waals surface area contributed by atoms with Crippen LogP contribution in [-0.2, 0) is 0 Å². The number of fused-ring (bicyclic) bond motifs is 2. The van der Waals surface area contributed by atoms with Crippen LogP contribution in [0.4, 0.5) is 27.5 Å². The van der Waals surface area contributed by atoms with Crippen LogP contribution in [0.2, 0.25) is 0 Å². The standard InChI is InChI=1S/C25H29FN8/c1-14(2)23(28-3)19-8-15(4-6-21(19)27)24-20(26)12-31-25(33-24)32-22-7-5-17(10-30-22)34-13-16-9-18(34)11-29-16/h4-8,10,12,14,16,18,29H,9,11,13,27H2,1-3H3,(H,30,31,32,33)/t16-,18-/m0/s1. The van der Waals surface area contributed by atoms with Crippen LogP contribution in [-0.4, -0.2) is 52.9 Å². The molecule has 4 heterocycles. The van der Waals surface area contributed by atoms with Crippen LogP contribution in [0.15, 0.2) is 47.7 Å². The second kappa shape index (κ2) is 8.98. The molecule has 2 atom stereocenters. The van der Waals surface area contributed by atoms with E-state index in [4.69, 9.17) is 5.73 Å². The first-order valence-corrected chi connectivity index (χ1v) is 11.6. The molecule has 5 rings (SSSR count). The number of aromatic nitrogens is 3. The second-order valence-corrected chi connectivity index (χ2v) is 9.13. The van der Waals surface area contributed by atoms with Crippen molar-refractivity contribution in [1.29, 1.82) is 0 Å². The SMILES string of the molecule is CN=C(c1cc(-c2nc(Nc3ccc(N4C[C@@H]5C[C@H]4CN5)cn3)ncc2F)ccc1N)C(C)C. The number of hydrogen-bond acceptors (Lipinski definition) is 8. The Balaban J connectivity index is 1.38. The van der Waals surface area contributed by atoms with E-state index < -0.39 is 5.82 Å². The van der Waals surface area contributed by atoms with Gasteiger partial charge in [0.05, 0.1) is 18.1 Å². The fourth-order valence-corrected chi connectivity index (χ4v) is 4.87. The fraction of sp³-hybridized carbons (Fsp3) is 0.360. The molecule has 176 valence electrons. The lowest BCUT2D eigenvalue weighted by atomic mass is 9.95. The maximum absolute atomic E-state index is 14.7. The molecule has 0 aliphatic carbocycles. The molecule has 2 aliphatic heterocycles. The third-order valence-electron chi connectivity index (χ3n) is 6.51. The number of rotatable bonds is 6. The lowest BCUT2D eigenvalue weighted by Gasteiger charge is -2.29. The molecule has 0 unspecified atom stereocenters. The van der Waals surface area contributed by atoms with Crippen molar-refractivity contribution in [2.45, 2.75) is 32.4 Å². The second-order valence-electron chi connectivity index (χ2n) is 9.13. The first-order valence-electron chi connectivity index (χ1n) is 11.6. The molecule has 2 saturated heterocycles. The maximum atomic E-state index is 14.7. The van der Waals surface area contributed by atoms with Crippen LogP contribution in [0.1, 0.15) is 25.8 Å². The number of pyridine rings is 1. The Morgan fingerprint density at radius 3 is 2.74 bits per heavy atom. The number of nitrogen functional groups attached to an aromatic ring is 1. The number of piperazine rings is 1. The van der Waals surface area contributed by atoms with Crippen LogP contribution < -0.4 is 21.3 Å². The van der Waals surface area contributed by atoms with Crippen LogP contribution in [0, 0.1) is 11.7 Å². The number of aliphatic imine (C=N–C) groups is 1. The number of halogens is 1. The molecule has 2 fully saturated rings. The molecule has 2 bridgehead atoms. The van der Waals surface area contributed by atoms with Gasteiger partial charge in [0.25, 0.3) is 0 Å². The zero-order chi connectivity index (χ0) is 23.8. The summed E-state index contributed by atoms with van der Waals surface area (Å²) >= 11 is 0. The van der Waals surface area contributed by atoms with Gasteiger partial charge in [-0.25, -0.2) is 19.3 Å². The highest BCUT2D eigenvalue weighted by Gasteiger charge is 2.37. The van der Waals surface area contributed by atoms with Crippen molar-refractivity contribution in [3.63, 3.8) is 0 Å². The van der Waals surface area contributed by atoms with Crippen molar-refractivity contribution in [3.05, 3.63) is 54.1 Å². The molecule has 9 heteroatoms. The lowest BCUT2D eigenvalue weighted by Crippen LogP contribution is -2.43. The quantitative estimate of drug-likeness (QED) is 0.381. The van der Waals surface area contributed by atoms with Gasteiger partial charge >= 0.3 is 0 Å². The summed E-state index contributed by atoms with van der Waals surface area (Å²) in [5.74, 6) is 0.535. The lowest BCUT2D eigenvalue weighted by molar-refractivity contribution is 0.580. The van der Waals surface area contributed by atoms with Gasteiger partial charge in [-0.05, 0) is 36.6 Å². The van der Waals surface area contributed by atoms with Crippen molar-refractivity contribution >= 4 is 28.9 Å². The van der Waals surface area contributed by atoms with E-state index in [-0.39, 0.29) is 17.6 Å². The van der Waals surface area contributed by atoms with Gasteiger partial charge in [0.15, 0.2) is 5.82 Å². The summed E-state index contributed by atoms with van der Waals surface area (Å²) in [6.07, 6.45) is 4.21. The summed E-state index contributed by atoms with van der Waals surface area (Å²) in [6.45, 7) is 6.12. The summed E-state index contributed by atoms with van der Waals surface area (Å²) < 4.78 is 14.7. The zero-order valence-electron chi connectivity index (χ0n) is 19.6. The summed E-state index contributed by atoms with van der Waals surface area (Å²) in [5, 5.41) is 6.60. The predicted molar refractivity (Wildman–Crippen MR) is 134 cm³/mol. The molecule has 0 saturated carbocycles. The van der Waals surface area contributed by atoms with Crippen molar-refractivity contribution in [1.82, 2.24) is 20.3 Å². The third kappa shape index (κ3) is 4.19. The molecule has 8 nitrogen and oxygen atoms in total. The summed E-state index contributed by atoms with van der Waals surface area (Å²) in [7, 11) is 1.73. The molecule has 0 radical (unpaired) electrons. The monoisotopic (exact) mass is 460 g/mol. The van der Waals surface area contributed by atoms with Gasteiger partial charge in [-0.3, -0.25) is 4.99 Å². The smallest absolute Gasteiger partial charge is 0.229 e. The Bertz CT molecular complexity index is 1220.